The van der Waals surface area contributed by atoms with Gasteiger partial charge < -0.3 is 14.6 Å². The molecule has 16 heteroatoms. The topological polar surface area (TPSA) is 155 Å². The number of carbonyl (C=O) groups excluding carboxylic acids is 2. The zero-order valence-electron chi connectivity index (χ0n) is 22.9. The average Bonchev–Trinajstić information content (AvgIpc) is 3.03. The number of aromatic nitrogens is 2. The Labute approximate surface area is 242 Å². The summed E-state index contributed by atoms with van der Waals surface area (Å²) in [5.74, 6) is -0.533. The monoisotopic (exact) mass is 631 g/mol. The third kappa shape index (κ3) is 9.51. The van der Waals surface area contributed by atoms with E-state index in [1.807, 2.05) is 0 Å². The minimum atomic E-state index is -4.24. The van der Waals surface area contributed by atoms with Crippen molar-refractivity contribution in [1.82, 2.24) is 14.6 Å². The number of hydrogen-bond acceptors (Lipinski definition) is 11. The van der Waals surface area contributed by atoms with E-state index in [0.717, 1.165) is 16.3 Å². The van der Waals surface area contributed by atoms with Gasteiger partial charge in [-0.2, -0.15) is 4.98 Å². The molecule has 2 rings (SSSR count). The lowest BCUT2D eigenvalue weighted by atomic mass is 10.00. The average molecular weight is 633 g/mol. The van der Waals surface area contributed by atoms with Crippen LogP contribution in [0, 0.1) is 12.3 Å². The van der Waals surface area contributed by atoms with Crippen LogP contribution in [-0.2, 0) is 32.7 Å². The van der Waals surface area contributed by atoms with E-state index >= 15 is 0 Å². The molecule has 0 spiro atoms. The summed E-state index contributed by atoms with van der Waals surface area (Å²) in [4.78, 5) is 40.7. The molecule has 2 heterocycles. The molecule has 222 valence electrons. The van der Waals surface area contributed by atoms with Crippen molar-refractivity contribution in [3.05, 3.63) is 28.4 Å². The highest BCUT2D eigenvalue weighted by Crippen LogP contribution is 2.49. The van der Waals surface area contributed by atoms with Crippen molar-refractivity contribution in [2.24, 2.45) is 5.41 Å². The second-order valence-corrected chi connectivity index (χ2v) is 14.5. The number of nitrogens with one attached hydrogen (secondary N) is 1. The van der Waals surface area contributed by atoms with E-state index in [1.54, 1.807) is 41.5 Å². The number of hydrogen-bond donors (Lipinski definition) is 2. The molecule has 0 saturated carbocycles. The Morgan fingerprint density at radius 2 is 1.95 bits per heavy atom. The van der Waals surface area contributed by atoms with Crippen LogP contribution in [0.4, 0.5) is 0 Å². The molecule has 2 N–H and O–H groups in total. The highest BCUT2D eigenvalue weighted by molar-refractivity contribution is 8.13. The van der Waals surface area contributed by atoms with Gasteiger partial charge in [-0.25, -0.2) is 14.4 Å². The maximum absolute atomic E-state index is 13.6. The van der Waals surface area contributed by atoms with Crippen LogP contribution in [0.2, 0.25) is 0 Å². The Morgan fingerprint density at radius 3 is 2.51 bits per heavy atom. The van der Waals surface area contributed by atoms with Crippen LogP contribution in [-0.4, -0.2) is 73.4 Å². The second-order valence-electron chi connectivity index (χ2n) is 10.3. The first kappa shape index (κ1) is 34.2. The first-order chi connectivity index (χ1) is 17.9. The fourth-order valence-electron chi connectivity index (χ4n) is 3.20. The van der Waals surface area contributed by atoms with Crippen molar-refractivity contribution in [3.63, 3.8) is 0 Å². The Kier molecular flexibility index (Phi) is 12.1. The molecule has 39 heavy (non-hydrogen) atoms. The van der Waals surface area contributed by atoms with Gasteiger partial charge in [-0.1, -0.05) is 55.7 Å². The van der Waals surface area contributed by atoms with Gasteiger partial charge in [-0.15, -0.1) is 0 Å². The first-order valence-electron chi connectivity index (χ1n) is 12.2. The van der Waals surface area contributed by atoms with Gasteiger partial charge in [0.1, 0.15) is 18.2 Å². The molecule has 0 aromatic carbocycles. The van der Waals surface area contributed by atoms with Crippen LogP contribution in [0.15, 0.2) is 17.1 Å². The zero-order chi connectivity index (χ0) is 29.8. The molecule has 12 nitrogen and oxygen atoms in total. The molecule has 1 saturated heterocycles. The summed E-state index contributed by atoms with van der Waals surface area (Å²) < 4.78 is 34.5. The molecule has 0 bridgehead atoms. The van der Waals surface area contributed by atoms with E-state index in [9.17, 15) is 24.1 Å². The number of halogens is 2. The molecular weight excluding hydrogens is 596 g/mol. The Hall–Kier alpha value is -1.02. The molecule has 1 aliphatic rings. The van der Waals surface area contributed by atoms with Crippen molar-refractivity contribution in [3.8, 4) is 0 Å². The number of alkyl halides is 2. The summed E-state index contributed by atoms with van der Waals surface area (Å²) in [7, 11) is -4.24. The lowest BCUT2D eigenvalue weighted by Crippen LogP contribution is -2.40. The third-order valence-electron chi connectivity index (χ3n) is 5.26. The van der Waals surface area contributed by atoms with E-state index in [-0.39, 0.29) is 17.5 Å². The van der Waals surface area contributed by atoms with E-state index in [4.69, 9.17) is 41.7 Å². The summed E-state index contributed by atoms with van der Waals surface area (Å²) in [5.41, 5.74) is -0.814. The van der Waals surface area contributed by atoms with E-state index in [0.29, 0.717) is 5.69 Å². The quantitative estimate of drug-likeness (QED) is 0.150. The minimum Gasteiger partial charge on any atom is -0.462 e. The number of carbonyl (C=O) groups is 2. The van der Waals surface area contributed by atoms with E-state index < -0.39 is 66.3 Å². The van der Waals surface area contributed by atoms with Gasteiger partial charge in [0.15, 0.2) is 15.7 Å². The van der Waals surface area contributed by atoms with Crippen molar-refractivity contribution in [2.45, 2.75) is 83.4 Å². The second kappa shape index (κ2) is 13.8. The summed E-state index contributed by atoms with van der Waals surface area (Å²) in [6.07, 6.45) is -3.19. The summed E-state index contributed by atoms with van der Waals surface area (Å²) in [5, 5.41) is 13.2. The maximum Gasteiger partial charge on any atom is 0.406 e. The lowest BCUT2D eigenvalue weighted by Gasteiger charge is -2.25. The van der Waals surface area contributed by atoms with E-state index in [1.165, 1.54) is 19.2 Å². The molecule has 0 aliphatic carbocycles. The molecule has 0 amide bonds. The number of aliphatic hydroxyl groups excluding tert-OH is 1. The summed E-state index contributed by atoms with van der Waals surface area (Å²) >= 11 is 13.7. The van der Waals surface area contributed by atoms with Crippen molar-refractivity contribution >= 4 is 53.8 Å². The molecule has 1 aromatic rings. The van der Waals surface area contributed by atoms with Crippen LogP contribution in [0.3, 0.4) is 0 Å². The molecular formula is C23H36Cl2N3O9PS. The number of esters is 1. The number of rotatable bonds is 12. The zero-order valence-corrected chi connectivity index (χ0v) is 26.1. The van der Waals surface area contributed by atoms with Gasteiger partial charge in [0, 0.05) is 23.1 Å². The van der Waals surface area contributed by atoms with Gasteiger partial charge in [-0.05, 0) is 33.8 Å². The predicted octanol–water partition coefficient (Wildman–Crippen LogP) is 3.36. The van der Waals surface area contributed by atoms with Crippen LogP contribution < -0.4 is 10.8 Å². The molecule has 5 atom stereocenters. The van der Waals surface area contributed by atoms with Gasteiger partial charge >= 0.3 is 19.4 Å². The SMILES string of the molecule is Cc1ccn([C@@H]2O[C@H](COP(=O)(N[C@@H](C)C(=O)OC(C)C)OCCSC(=O)C(C)(C)C)[C@@H](O)C2(Cl)Cl)c(=O)n1. The number of thioether (sulfide) groups is 1. The Bertz CT molecular complexity index is 1130. The maximum atomic E-state index is 13.6. The first-order valence-corrected chi connectivity index (χ1v) is 15.5. The smallest absolute Gasteiger partial charge is 0.406 e. The van der Waals surface area contributed by atoms with Crippen LogP contribution in [0.1, 0.15) is 53.5 Å². The fourth-order valence-corrected chi connectivity index (χ4v) is 6.18. The summed E-state index contributed by atoms with van der Waals surface area (Å²) in [6.45, 7) is 11.0. The number of aryl methyl sites for hydroxylation is 1. The number of ether oxygens (including phenoxy) is 2. The Balaban J connectivity index is 2.16. The summed E-state index contributed by atoms with van der Waals surface area (Å²) in [6, 6.07) is 0.443. The molecule has 1 unspecified atom stereocenters. The lowest BCUT2D eigenvalue weighted by molar-refractivity contribution is -0.149. The molecule has 1 aromatic heterocycles. The Morgan fingerprint density at radius 1 is 1.31 bits per heavy atom. The fraction of sp³-hybridized carbons (Fsp3) is 0.739. The van der Waals surface area contributed by atoms with Crippen LogP contribution in [0.5, 0.6) is 0 Å². The van der Waals surface area contributed by atoms with Crippen molar-refractivity contribution < 1.29 is 37.8 Å². The third-order valence-corrected chi connectivity index (χ3v) is 9.04. The molecule has 1 fully saturated rings. The molecule has 1 aliphatic heterocycles. The molecule has 0 radical (unpaired) electrons. The predicted molar refractivity (Wildman–Crippen MR) is 148 cm³/mol. The van der Waals surface area contributed by atoms with Crippen molar-refractivity contribution in [2.75, 3.05) is 19.0 Å². The van der Waals surface area contributed by atoms with Gasteiger partial charge in [0.05, 0.1) is 19.3 Å². The number of nitrogens with zero attached hydrogens (tertiary/aromatic N) is 2. The normalized spacial score (nSPS) is 23.4. The van der Waals surface area contributed by atoms with Gasteiger partial charge in [-0.3, -0.25) is 23.2 Å². The van der Waals surface area contributed by atoms with Crippen LogP contribution in [0.25, 0.3) is 0 Å². The van der Waals surface area contributed by atoms with Crippen LogP contribution >= 0.6 is 42.7 Å². The largest absolute Gasteiger partial charge is 0.462 e. The standard InChI is InChI=1S/C23H36Cl2N3O9PS/c1-13(2)36-18(30)15(4)27-38(33,34-10-11-39-20(31)22(5,6)7)35-12-16-17(29)23(24,25)19(37-16)28-9-8-14(3)26-21(28)32/h8-9,13,15-17,19,29H,10-12H2,1-7H3,(H,27,33)/t15-,16+,17+,19+,38?/m0/s1. The van der Waals surface area contributed by atoms with E-state index in [2.05, 4.69) is 10.1 Å². The van der Waals surface area contributed by atoms with Gasteiger partial charge in [0.2, 0.25) is 0 Å². The highest BCUT2D eigenvalue weighted by Gasteiger charge is 2.56. The van der Waals surface area contributed by atoms with Crippen molar-refractivity contribution in [1.29, 1.82) is 0 Å². The van der Waals surface area contributed by atoms with Gasteiger partial charge in [0.25, 0.3) is 0 Å². The highest BCUT2D eigenvalue weighted by atomic mass is 35.5. The number of aliphatic hydroxyl groups is 1. The minimum absolute atomic E-state index is 0.0846.